The minimum absolute atomic E-state index is 0. The average molecular weight is 160 g/mol. The van der Waals surface area contributed by atoms with Crippen molar-refractivity contribution in [1.82, 2.24) is 0 Å². The number of aliphatic hydroxyl groups is 2. The van der Waals surface area contributed by atoms with Gasteiger partial charge in [0.1, 0.15) is 0 Å². The summed E-state index contributed by atoms with van der Waals surface area (Å²) in [6.07, 6.45) is 0.0301. The summed E-state index contributed by atoms with van der Waals surface area (Å²) >= 11 is 0. The van der Waals surface area contributed by atoms with Crippen molar-refractivity contribution in [1.29, 1.82) is 0 Å². The number of hydrogen-bond donors (Lipinski definition) is 2. The van der Waals surface area contributed by atoms with Crippen molar-refractivity contribution in [2.45, 2.75) is 38.9 Å². The second-order valence-corrected chi connectivity index (χ2v) is 2.87. The standard InChI is InChI=1S/C6H14O2.Ca.2H/c1-5(7)4-6(2,3)8;;;/h5,7-8H,4H2,1-3H3;;;. The number of hydrogen-bond acceptors (Lipinski definition) is 2. The molecule has 0 saturated carbocycles. The van der Waals surface area contributed by atoms with E-state index in [-0.39, 0.29) is 37.7 Å². The quantitative estimate of drug-likeness (QED) is 0.540. The van der Waals surface area contributed by atoms with Crippen molar-refractivity contribution in [2.24, 2.45) is 0 Å². The summed E-state index contributed by atoms with van der Waals surface area (Å²) in [6.45, 7) is 5.03. The topological polar surface area (TPSA) is 40.5 Å². The molecule has 0 saturated heterocycles. The van der Waals surface area contributed by atoms with E-state index in [4.69, 9.17) is 10.2 Å². The number of rotatable bonds is 2. The molecule has 0 amide bonds. The first kappa shape index (κ1) is 12.8. The molecule has 0 heterocycles. The van der Waals surface area contributed by atoms with E-state index in [0.29, 0.717) is 6.42 Å². The third kappa shape index (κ3) is 12.4. The van der Waals surface area contributed by atoms with Crippen LogP contribution >= 0.6 is 0 Å². The molecule has 0 radical (unpaired) electrons. The predicted molar refractivity (Wildman–Crippen MR) is 41.1 cm³/mol. The third-order valence-corrected chi connectivity index (χ3v) is 0.795. The molecule has 3 heteroatoms. The third-order valence-electron chi connectivity index (χ3n) is 0.795. The maximum atomic E-state index is 9.03. The summed E-state index contributed by atoms with van der Waals surface area (Å²) in [5, 5.41) is 17.8. The van der Waals surface area contributed by atoms with Gasteiger partial charge in [0, 0.05) is 6.42 Å². The molecule has 1 unspecified atom stereocenters. The van der Waals surface area contributed by atoms with E-state index in [9.17, 15) is 0 Å². The van der Waals surface area contributed by atoms with Crippen LogP contribution in [0.4, 0.5) is 0 Å². The summed E-state index contributed by atoms with van der Waals surface area (Å²) in [7, 11) is 0. The Morgan fingerprint density at radius 3 is 1.78 bits per heavy atom. The molecule has 0 spiro atoms. The van der Waals surface area contributed by atoms with Gasteiger partial charge in [-0.15, -0.1) is 0 Å². The molecule has 0 aliphatic rings. The molecule has 0 aliphatic heterocycles. The van der Waals surface area contributed by atoms with Gasteiger partial charge in [0.05, 0.1) is 11.7 Å². The van der Waals surface area contributed by atoms with E-state index in [1.54, 1.807) is 20.8 Å². The zero-order chi connectivity index (χ0) is 6.78. The fraction of sp³-hybridized carbons (Fsp3) is 1.00. The van der Waals surface area contributed by atoms with Crippen molar-refractivity contribution in [3.63, 3.8) is 0 Å². The molecule has 54 valence electrons. The summed E-state index contributed by atoms with van der Waals surface area (Å²) in [5.41, 5.74) is -0.728. The van der Waals surface area contributed by atoms with Gasteiger partial charge >= 0.3 is 37.7 Å². The van der Waals surface area contributed by atoms with Gasteiger partial charge in [-0.05, 0) is 20.8 Å². The Morgan fingerprint density at radius 1 is 1.44 bits per heavy atom. The Bertz CT molecular complexity index is 65.9. The van der Waals surface area contributed by atoms with E-state index in [0.717, 1.165) is 0 Å². The molecule has 2 nitrogen and oxygen atoms in total. The van der Waals surface area contributed by atoms with E-state index in [1.807, 2.05) is 0 Å². The molecule has 0 aliphatic carbocycles. The first-order chi connectivity index (χ1) is 3.42. The van der Waals surface area contributed by atoms with Crippen LogP contribution in [0.3, 0.4) is 0 Å². The molecule has 0 bridgehead atoms. The van der Waals surface area contributed by atoms with Gasteiger partial charge in [0.2, 0.25) is 0 Å². The van der Waals surface area contributed by atoms with Crippen molar-refractivity contribution < 1.29 is 10.2 Å². The van der Waals surface area contributed by atoms with Crippen molar-refractivity contribution in [3.05, 3.63) is 0 Å². The maximum absolute atomic E-state index is 9.03. The van der Waals surface area contributed by atoms with Crippen LogP contribution in [0, 0.1) is 0 Å². The summed E-state index contributed by atoms with van der Waals surface area (Å²) in [4.78, 5) is 0. The van der Waals surface area contributed by atoms with Crippen LogP contribution in [0.15, 0.2) is 0 Å². The normalized spacial score (nSPS) is 14.3. The zero-order valence-electron chi connectivity index (χ0n) is 5.68. The Morgan fingerprint density at radius 2 is 1.78 bits per heavy atom. The Hall–Kier alpha value is 1.18. The minimum atomic E-state index is -0.728. The van der Waals surface area contributed by atoms with E-state index < -0.39 is 11.7 Å². The van der Waals surface area contributed by atoms with Crippen LogP contribution in [-0.2, 0) is 0 Å². The van der Waals surface area contributed by atoms with Crippen LogP contribution in [0.25, 0.3) is 0 Å². The summed E-state index contributed by atoms with van der Waals surface area (Å²) < 4.78 is 0. The Labute approximate surface area is 86.3 Å². The Balaban J connectivity index is 0. The van der Waals surface area contributed by atoms with Gasteiger partial charge in [0.25, 0.3) is 0 Å². The molecule has 2 N–H and O–H groups in total. The second-order valence-electron chi connectivity index (χ2n) is 2.87. The van der Waals surface area contributed by atoms with Crippen LogP contribution in [0.2, 0.25) is 0 Å². The zero-order valence-corrected chi connectivity index (χ0v) is 5.68. The average Bonchev–Trinajstić information content (AvgIpc) is 1.21. The summed E-state index contributed by atoms with van der Waals surface area (Å²) in [5.74, 6) is 0. The molecule has 0 aromatic rings. The fourth-order valence-corrected chi connectivity index (χ4v) is 0.723. The van der Waals surface area contributed by atoms with Crippen molar-refractivity contribution in [2.75, 3.05) is 0 Å². The van der Waals surface area contributed by atoms with E-state index in [1.165, 1.54) is 0 Å². The van der Waals surface area contributed by atoms with Gasteiger partial charge in [-0.3, -0.25) is 0 Å². The number of aliphatic hydroxyl groups excluding tert-OH is 1. The first-order valence-corrected chi connectivity index (χ1v) is 2.82. The van der Waals surface area contributed by atoms with Crippen LogP contribution in [0.1, 0.15) is 27.2 Å². The van der Waals surface area contributed by atoms with Gasteiger partial charge in [0.15, 0.2) is 0 Å². The van der Waals surface area contributed by atoms with Crippen LogP contribution in [-0.4, -0.2) is 59.7 Å². The SMILES string of the molecule is CC(O)CC(C)(C)O.[CaH2]. The molecular formula is C6H16CaO2. The van der Waals surface area contributed by atoms with Gasteiger partial charge in [-0.1, -0.05) is 0 Å². The monoisotopic (exact) mass is 160 g/mol. The van der Waals surface area contributed by atoms with Crippen molar-refractivity contribution >= 4 is 37.7 Å². The van der Waals surface area contributed by atoms with Gasteiger partial charge in [-0.2, -0.15) is 0 Å². The van der Waals surface area contributed by atoms with E-state index in [2.05, 4.69) is 0 Å². The van der Waals surface area contributed by atoms with E-state index >= 15 is 0 Å². The first-order valence-electron chi connectivity index (χ1n) is 2.82. The molecule has 9 heavy (non-hydrogen) atoms. The van der Waals surface area contributed by atoms with Crippen molar-refractivity contribution in [3.8, 4) is 0 Å². The van der Waals surface area contributed by atoms with Crippen LogP contribution in [0.5, 0.6) is 0 Å². The molecule has 0 rings (SSSR count). The molecule has 1 atom stereocenters. The summed E-state index contributed by atoms with van der Waals surface area (Å²) in [6, 6.07) is 0. The molecule has 0 aromatic carbocycles. The second kappa shape index (κ2) is 4.91. The molecule has 0 fully saturated rings. The fourth-order valence-electron chi connectivity index (χ4n) is 0.723. The molecular weight excluding hydrogens is 144 g/mol. The van der Waals surface area contributed by atoms with Gasteiger partial charge < -0.3 is 10.2 Å². The molecule has 0 aromatic heterocycles. The predicted octanol–water partition coefficient (Wildman–Crippen LogP) is -0.388. The van der Waals surface area contributed by atoms with Gasteiger partial charge in [-0.25, -0.2) is 0 Å². The van der Waals surface area contributed by atoms with Crippen LogP contribution < -0.4 is 0 Å². The Kier molecular flexibility index (Phi) is 7.00.